The third-order valence-electron chi connectivity index (χ3n) is 2.15. The van der Waals surface area contributed by atoms with Gasteiger partial charge in [0.25, 0.3) is 0 Å². The highest BCUT2D eigenvalue weighted by molar-refractivity contribution is 5.75. The van der Waals surface area contributed by atoms with E-state index in [-0.39, 0.29) is 12.1 Å². The molecule has 0 aromatic rings. The van der Waals surface area contributed by atoms with Crippen LogP contribution in [0.3, 0.4) is 0 Å². The molecule has 1 unspecified atom stereocenters. The van der Waals surface area contributed by atoms with Crippen molar-refractivity contribution in [2.24, 2.45) is 17.6 Å². The number of hydrogen-bond donors (Lipinski definition) is 1. The van der Waals surface area contributed by atoms with E-state index >= 15 is 0 Å². The third-order valence-corrected chi connectivity index (χ3v) is 2.15. The Bertz CT molecular complexity index is 190. The van der Waals surface area contributed by atoms with Crippen molar-refractivity contribution in [3.05, 3.63) is 0 Å². The maximum Gasteiger partial charge on any atom is 0.323 e. The average Bonchev–Trinajstić information content (AvgIpc) is 2.00. The lowest BCUT2D eigenvalue weighted by molar-refractivity contribution is -0.150. The molecule has 0 aromatic carbocycles. The molecule has 15 heavy (non-hydrogen) atoms. The van der Waals surface area contributed by atoms with E-state index in [9.17, 15) is 4.79 Å². The standard InChI is InChI=1S/C12H25NO2/c1-8(2)6-10(5)15-12(14)11(13)7-9(3)4/h8-11H,6-7,13H2,1-5H3/t10?,11-/m1/s1. The van der Waals surface area contributed by atoms with Crippen LogP contribution in [-0.2, 0) is 9.53 Å². The van der Waals surface area contributed by atoms with Gasteiger partial charge in [-0.1, -0.05) is 27.7 Å². The Morgan fingerprint density at radius 1 is 1.07 bits per heavy atom. The summed E-state index contributed by atoms with van der Waals surface area (Å²) in [5.74, 6) is 0.693. The maximum atomic E-state index is 11.5. The lowest BCUT2D eigenvalue weighted by atomic mass is 10.0. The van der Waals surface area contributed by atoms with Gasteiger partial charge in [-0.3, -0.25) is 4.79 Å². The van der Waals surface area contributed by atoms with Crippen molar-refractivity contribution in [2.75, 3.05) is 0 Å². The molecular formula is C12H25NO2. The van der Waals surface area contributed by atoms with Crippen molar-refractivity contribution in [1.29, 1.82) is 0 Å². The van der Waals surface area contributed by atoms with E-state index in [0.29, 0.717) is 18.3 Å². The van der Waals surface area contributed by atoms with Gasteiger partial charge in [0.15, 0.2) is 0 Å². The molecule has 2 atom stereocenters. The fourth-order valence-electron chi connectivity index (χ4n) is 1.60. The quantitative estimate of drug-likeness (QED) is 0.692. The van der Waals surface area contributed by atoms with Gasteiger partial charge in [0.1, 0.15) is 6.04 Å². The SMILES string of the molecule is CC(C)CC(C)OC(=O)[C@H](N)CC(C)C. The summed E-state index contributed by atoms with van der Waals surface area (Å²) < 4.78 is 5.26. The molecule has 0 amide bonds. The minimum atomic E-state index is -0.473. The number of rotatable bonds is 6. The minimum absolute atomic E-state index is 0.0317. The lowest BCUT2D eigenvalue weighted by Gasteiger charge is -2.19. The Kier molecular flexibility index (Phi) is 6.57. The molecule has 3 nitrogen and oxygen atoms in total. The van der Waals surface area contributed by atoms with Gasteiger partial charge in [-0.25, -0.2) is 0 Å². The van der Waals surface area contributed by atoms with E-state index in [1.54, 1.807) is 0 Å². The summed E-state index contributed by atoms with van der Waals surface area (Å²) in [5, 5.41) is 0. The summed E-state index contributed by atoms with van der Waals surface area (Å²) in [6, 6.07) is -0.473. The lowest BCUT2D eigenvalue weighted by Crippen LogP contribution is -2.35. The molecule has 0 aliphatic rings. The smallest absolute Gasteiger partial charge is 0.323 e. The van der Waals surface area contributed by atoms with Crippen LogP contribution in [0.5, 0.6) is 0 Å². The van der Waals surface area contributed by atoms with E-state index in [2.05, 4.69) is 13.8 Å². The van der Waals surface area contributed by atoms with Crippen molar-refractivity contribution in [3.8, 4) is 0 Å². The van der Waals surface area contributed by atoms with Gasteiger partial charge in [0, 0.05) is 0 Å². The van der Waals surface area contributed by atoms with Crippen LogP contribution >= 0.6 is 0 Å². The van der Waals surface area contributed by atoms with Crippen molar-refractivity contribution in [1.82, 2.24) is 0 Å². The molecule has 0 fully saturated rings. The molecule has 0 spiro atoms. The fourth-order valence-corrected chi connectivity index (χ4v) is 1.60. The maximum absolute atomic E-state index is 11.5. The second-order valence-electron chi connectivity index (χ2n) is 5.11. The molecule has 0 aliphatic heterocycles. The first-order valence-corrected chi connectivity index (χ1v) is 5.79. The van der Waals surface area contributed by atoms with Crippen LogP contribution in [0.25, 0.3) is 0 Å². The molecular weight excluding hydrogens is 190 g/mol. The van der Waals surface area contributed by atoms with Crippen LogP contribution < -0.4 is 5.73 Å². The van der Waals surface area contributed by atoms with Gasteiger partial charge in [-0.15, -0.1) is 0 Å². The Morgan fingerprint density at radius 3 is 1.93 bits per heavy atom. The van der Waals surface area contributed by atoms with Crippen molar-refractivity contribution >= 4 is 5.97 Å². The van der Waals surface area contributed by atoms with Crippen molar-refractivity contribution in [2.45, 2.75) is 59.6 Å². The fraction of sp³-hybridized carbons (Fsp3) is 0.917. The molecule has 0 aliphatic carbocycles. The zero-order valence-corrected chi connectivity index (χ0v) is 10.6. The molecule has 0 rings (SSSR count). The third kappa shape index (κ3) is 7.37. The Balaban J connectivity index is 3.90. The van der Waals surface area contributed by atoms with Gasteiger partial charge >= 0.3 is 5.97 Å². The van der Waals surface area contributed by atoms with Crippen LogP contribution in [0, 0.1) is 11.8 Å². The summed E-state index contributed by atoms with van der Waals surface area (Å²) in [6.07, 6.45) is 1.55. The number of esters is 1. The number of hydrogen-bond acceptors (Lipinski definition) is 3. The summed E-state index contributed by atoms with van der Waals surface area (Å²) in [4.78, 5) is 11.5. The Morgan fingerprint density at radius 2 is 1.53 bits per heavy atom. The highest BCUT2D eigenvalue weighted by Crippen LogP contribution is 2.10. The molecule has 0 saturated carbocycles. The molecule has 90 valence electrons. The van der Waals surface area contributed by atoms with E-state index < -0.39 is 6.04 Å². The first-order chi connectivity index (χ1) is 6.82. The Labute approximate surface area is 93.4 Å². The number of ether oxygens (including phenoxy) is 1. The van der Waals surface area contributed by atoms with Crippen LogP contribution in [0.1, 0.15) is 47.5 Å². The molecule has 0 heterocycles. The van der Waals surface area contributed by atoms with Crippen LogP contribution in [0.4, 0.5) is 0 Å². The van der Waals surface area contributed by atoms with Crippen molar-refractivity contribution < 1.29 is 9.53 Å². The van der Waals surface area contributed by atoms with E-state index in [0.717, 1.165) is 6.42 Å². The van der Waals surface area contributed by atoms with E-state index in [1.165, 1.54) is 0 Å². The average molecular weight is 215 g/mol. The highest BCUT2D eigenvalue weighted by Gasteiger charge is 2.19. The second-order valence-corrected chi connectivity index (χ2v) is 5.11. The molecule has 0 aromatic heterocycles. The summed E-state index contributed by atoms with van der Waals surface area (Å²) in [7, 11) is 0. The first kappa shape index (κ1) is 14.4. The minimum Gasteiger partial charge on any atom is -0.462 e. The topological polar surface area (TPSA) is 52.3 Å². The number of carbonyl (C=O) groups is 1. The number of carbonyl (C=O) groups excluding carboxylic acids is 1. The molecule has 0 bridgehead atoms. The van der Waals surface area contributed by atoms with Gasteiger partial charge in [0.2, 0.25) is 0 Å². The van der Waals surface area contributed by atoms with Gasteiger partial charge < -0.3 is 10.5 Å². The normalized spacial score (nSPS) is 15.5. The predicted octanol–water partition coefficient (Wildman–Crippen LogP) is 2.34. The van der Waals surface area contributed by atoms with Crippen LogP contribution in [-0.4, -0.2) is 18.1 Å². The zero-order chi connectivity index (χ0) is 12.0. The highest BCUT2D eigenvalue weighted by atomic mass is 16.5. The first-order valence-electron chi connectivity index (χ1n) is 5.79. The van der Waals surface area contributed by atoms with Crippen LogP contribution in [0.2, 0.25) is 0 Å². The van der Waals surface area contributed by atoms with E-state index in [4.69, 9.17) is 10.5 Å². The van der Waals surface area contributed by atoms with Gasteiger partial charge in [0.05, 0.1) is 6.10 Å². The Hall–Kier alpha value is -0.570. The molecule has 0 saturated heterocycles. The molecule has 2 N–H and O–H groups in total. The molecule has 0 radical (unpaired) electrons. The summed E-state index contributed by atoms with van der Waals surface area (Å²) in [6.45, 7) is 10.2. The number of nitrogens with two attached hydrogens (primary N) is 1. The second kappa shape index (κ2) is 6.83. The van der Waals surface area contributed by atoms with Gasteiger partial charge in [-0.2, -0.15) is 0 Å². The summed E-state index contributed by atoms with van der Waals surface area (Å²) >= 11 is 0. The monoisotopic (exact) mass is 215 g/mol. The van der Waals surface area contributed by atoms with Crippen molar-refractivity contribution in [3.63, 3.8) is 0 Å². The summed E-state index contributed by atoms with van der Waals surface area (Å²) in [5.41, 5.74) is 5.72. The zero-order valence-electron chi connectivity index (χ0n) is 10.6. The van der Waals surface area contributed by atoms with Gasteiger partial charge in [-0.05, 0) is 31.6 Å². The largest absolute Gasteiger partial charge is 0.462 e. The van der Waals surface area contributed by atoms with Crippen LogP contribution in [0.15, 0.2) is 0 Å². The predicted molar refractivity (Wildman–Crippen MR) is 62.4 cm³/mol. The molecule has 3 heteroatoms. The van der Waals surface area contributed by atoms with E-state index in [1.807, 2.05) is 20.8 Å².